The maximum absolute atomic E-state index is 6.24. The predicted molar refractivity (Wildman–Crippen MR) is 134 cm³/mol. The molecule has 0 atom stereocenters. The van der Waals surface area contributed by atoms with Gasteiger partial charge < -0.3 is 18.3 Å². The van der Waals surface area contributed by atoms with Crippen molar-refractivity contribution in [3.63, 3.8) is 0 Å². The fourth-order valence-electron chi connectivity index (χ4n) is 5.31. The Balaban J connectivity index is 1.39. The monoisotopic (exact) mass is 448 g/mol. The summed E-state index contributed by atoms with van der Waals surface area (Å²) >= 11 is 0. The summed E-state index contributed by atoms with van der Waals surface area (Å²) in [5, 5.41) is 4.57. The SMILES string of the molecule is Cc1c2ccc3oc4ccc(cc4c13)COCc1ccc3oc4ccc(c(C)c4c3c1)COC2. The first-order valence-electron chi connectivity index (χ1n) is 11.7. The van der Waals surface area contributed by atoms with Crippen LogP contribution in [0.15, 0.2) is 69.5 Å². The van der Waals surface area contributed by atoms with Gasteiger partial charge in [-0.1, -0.05) is 24.3 Å². The predicted octanol–water partition coefficient (Wildman–Crippen LogP) is 7.85. The molecule has 8 bridgehead atoms. The second kappa shape index (κ2) is 7.45. The van der Waals surface area contributed by atoms with Crippen LogP contribution in [0.3, 0.4) is 0 Å². The second-order valence-electron chi connectivity index (χ2n) is 9.30. The zero-order chi connectivity index (χ0) is 22.8. The minimum atomic E-state index is 0.539. The number of aryl methyl sites for hydroxylation is 2. The summed E-state index contributed by atoms with van der Waals surface area (Å²) in [6.45, 7) is 6.48. The zero-order valence-corrected chi connectivity index (χ0v) is 19.2. The topological polar surface area (TPSA) is 44.7 Å². The fraction of sp³-hybridized carbons (Fsp3) is 0.200. The number of hydrogen-bond acceptors (Lipinski definition) is 4. The van der Waals surface area contributed by atoms with Crippen LogP contribution in [0.2, 0.25) is 0 Å². The molecule has 0 aliphatic carbocycles. The molecule has 168 valence electrons. The molecule has 0 unspecified atom stereocenters. The van der Waals surface area contributed by atoms with E-state index in [1.54, 1.807) is 0 Å². The first-order chi connectivity index (χ1) is 16.7. The molecule has 0 saturated carbocycles. The molecule has 0 amide bonds. The highest BCUT2D eigenvalue weighted by molar-refractivity contribution is 6.08. The van der Waals surface area contributed by atoms with E-state index in [1.807, 2.05) is 12.1 Å². The highest BCUT2D eigenvalue weighted by Gasteiger charge is 2.16. The van der Waals surface area contributed by atoms with Crippen molar-refractivity contribution in [3.8, 4) is 0 Å². The van der Waals surface area contributed by atoms with Gasteiger partial charge in [0.05, 0.1) is 26.4 Å². The Hall–Kier alpha value is -3.60. The molecule has 4 nitrogen and oxygen atoms in total. The lowest BCUT2D eigenvalue weighted by Crippen LogP contribution is -1.99. The summed E-state index contributed by atoms with van der Waals surface area (Å²) in [5.74, 6) is 0. The van der Waals surface area contributed by atoms with Crippen LogP contribution in [0.25, 0.3) is 43.9 Å². The minimum Gasteiger partial charge on any atom is -0.456 e. The quantitative estimate of drug-likeness (QED) is 0.237. The molecule has 6 aromatic rings. The van der Waals surface area contributed by atoms with Crippen molar-refractivity contribution in [1.29, 1.82) is 0 Å². The van der Waals surface area contributed by atoms with E-state index in [0.29, 0.717) is 26.4 Å². The normalized spacial score (nSPS) is 14.6. The van der Waals surface area contributed by atoms with Crippen molar-refractivity contribution in [3.05, 3.63) is 94.0 Å². The number of ether oxygens (including phenoxy) is 2. The van der Waals surface area contributed by atoms with Crippen molar-refractivity contribution in [2.45, 2.75) is 40.3 Å². The van der Waals surface area contributed by atoms with Crippen LogP contribution in [0.1, 0.15) is 33.4 Å². The Bertz CT molecular complexity index is 1610. The average molecular weight is 449 g/mol. The van der Waals surface area contributed by atoms with Crippen LogP contribution in [0.4, 0.5) is 0 Å². The average Bonchev–Trinajstić information content (AvgIpc) is 3.40. The van der Waals surface area contributed by atoms with E-state index < -0.39 is 0 Å². The van der Waals surface area contributed by atoms with Crippen LogP contribution < -0.4 is 0 Å². The summed E-state index contributed by atoms with van der Waals surface area (Å²) < 4.78 is 24.7. The number of hydrogen-bond donors (Lipinski definition) is 0. The van der Waals surface area contributed by atoms with E-state index in [-0.39, 0.29) is 0 Å². The van der Waals surface area contributed by atoms with E-state index in [0.717, 1.165) is 55.0 Å². The highest BCUT2D eigenvalue weighted by Crippen LogP contribution is 2.36. The zero-order valence-electron chi connectivity index (χ0n) is 19.2. The molecule has 34 heavy (non-hydrogen) atoms. The Morgan fingerprint density at radius 2 is 0.941 bits per heavy atom. The first kappa shape index (κ1) is 19.8. The molecule has 0 saturated heterocycles. The van der Waals surface area contributed by atoms with Crippen LogP contribution in [0, 0.1) is 13.8 Å². The maximum atomic E-state index is 6.24. The van der Waals surface area contributed by atoms with Gasteiger partial charge in [0, 0.05) is 21.5 Å². The number of benzene rings is 4. The lowest BCUT2D eigenvalue weighted by Gasteiger charge is -2.11. The van der Waals surface area contributed by atoms with Crippen LogP contribution in [-0.4, -0.2) is 0 Å². The standard InChI is InChI=1S/C30H24O4/c1-17-21-5-9-27-29(17)23-11-19(3-7-25(23)33-27)13-31-14-20-4-8-26-24(12-20)30-18(2)22(16-32-15-21)6-10-28(30)34-26/h3-12H,13-16H2,1-2H3. The summed E-state index contributed by atoms with van der Waals surface area (Å²) in [6, 6.07) is 21.0. The summed E-state index contributed by atoms with van der Waals surface area (Å²) in [7, 11) is 0. The molecule has 4 heteroatoms. The Morgan fingerprint density at radius 3 is 1.44 bits per heavy atom. The molecule has 0 fully saturated rings. The molecule has 1 aliphatic heterocycles. The Labute approximate surface area is 196 Å². The molecular weight excluding hydrogens is 424 g/mol. The molecular formula is C30H24O4. The third-order valence-corrected chi connectivity index (χ3v) is 7.20. The van der Waals surface area contributed by atoms with Gasteiger partial charge in [-0.2, -0.15) is 0 Å². The van der Waals surface area contributed by atoms with Crippen LogP contribution >= 0.6 is 0 Å². The number of fused-ring (bicyclic) bond motifs is 4. The minimum absolute atomic E-state index is 0.539. The summed E-state index contributed by atoms with van der Waals surface area (Å²) in [6.07, 6.45) is 0. The van der Waals surface area contributed by atoms with Crippen molar-refractivity contribution in [2.24, 2.45) is 0 Å². The fourth-order valence-corrected chi connectivity index (χ4v) is 5.31. The molecule has 3 heterocycles. The highest BCUT2D eigenvalue weighted by atomic mass is 16.5. The van der Waals surface area contributed by atoms with Gasteiger partial charge in [0.15, 0.2) is 0 Å². The van der Waals surface area contributed by atoms with Crippen molar-refractivity contribution in [1.82, 2.24) is 0 Å². The first-order valence-corrected chi connectivity index (χ1v) is 11.7. The van der Waals surface area contributed by atoms with Crippen molar-refractivity contribution >= 4 is 43.9 Å². The molecule has 7 rings (SSSR count). The van der Waals surface area contributed by atoms with E-state index in [4.69, 9.17) is 18.3 Å². The van der Waals surface area contributed by atoms with E-state index >= 15 is 0 Å². The van der Waals surface area contributed by atoms with E-state index in [9.17, 15) is 0 Å². The van der Waals surface area contributed by atoms with E-state index in [2.05, 4.69) is 62.4 Å². The third-order valence-electron chi connectivity index (χ3n) is 7.20. The summed E-state index contributed by atoms with van der Waals surface area (Å²) in [5.41, 5.74) is 10.6. The molecule has 0 spiro atoms. The van der Waals surface area contributed by atoms with Gasteiger partial charge in [0.2, 0.25) is 0 Å². The van der Waals surface area contributed by atoms with E-state index in [1.165, 1.54) is 22.3 Å². The molecule has 0 N–H and O–H groups in total. The van der Waals surface area contributed by atoms with Crippen molar-refractivity contribution in [2.75, 3.05) is 0 Å². The summed E-state index contributed by atoms with van der Waals surface area (Å²) in [4.78, 5) is 0. The maximum Gasteiger partial charge on any atom is 0.135 e. The largest absolute Gasteiger partial charge is 0.456 e. The Morgan fingerprint density at radius 1 is 0.500 bits per heavy atom. The number of furan rings is 2. The molecule has 2 aromatic heterocycles. The van der Waals surface area contributed by atoms with Gasteiger partial charge in [-0.25, -0.2) is 0 Å². The van der Waals surface area contributed by atoms with Gasteiger partial charge in [-0.3, -0.25) is 0 Å². The van der Waals surface area contributed by atoms with Crippen LogP contribution in [0.5, 0.6) is 0 Å². The molecule has 4 aromatic carbocycles. The van der Waals surface area contributed by atoms with Gasteiger partial charge in [0.1, 0.15) is 22.3 Å². The lowest BCUT2D eigenvalue weighted by molar-refractivity contribution is 0.106. The van der Waals surface area contributed by atoms with Crippen molar-refractivity contribution < 1.29 is 18.3 Å². The van der Waals surface area contributed by atoms with Gasteiger partial charge >= 0.3 is 0 Å². The molecule has 1 aliphatic rings. The van der Waals surface area contributed by atoms with Gasteiger partial charge in [-0.05, 0) is 83.6 Å². The van der Waals surface area contributed by atoms with Gasteiger partial charge in [0.25, 0.3) is 0 Å². The third kappa shape index (κ3) is 2.99. The lowest BCUT2D eigenvalue weighted by atomic mass is 10.0. The Kier molecular flexibility index (Phi) is 4.35. The smallest absolute Gasteiger partial charge is 0.135 e. The van der Waals surface area contributed by atoms with Crippen LogP contribution in [-0.2, 0) is 35.9 Å². The van der Waals surface area contributed by atoms with Gasteiger partial charge in [-0.15, -0.1) is 0 Å². The number of rotatable bonds is 0. The molecule has 0 radical (unpaired) electrons. The second-order valence-corrected chi connectivity index (χ2v) is 9.30.